The predicted molar refractivity (Wildman–Crippen MR) is 99.7 cm³/mol. The Morgan fingerprint density at radius 3 is 2.42 bits per heavy atom. The first kappa shape index (κ1) is 18.3. The Bertz CT molecular complexity index is 1120. The zero-order chi connectivity index (χ0) is 18.9. The van der Waals surface area contributed by atoms with Crippen LogP contribution in [0.4, 0.5) is 4.39 Å². The third-order valence-electron chi connectivity index (χ3n) is 4.37. The molecule has 6 heteroatoms. The van der Waals surface area contributed by atoms with Gasteiger partial charge >= 0.3 is 0 Å². The topological polar surface area (TPSA) is 56.1 Å². The quantitative estimate of drug-likeness (QED) is 0.633. The fourth-order valence-electron chi connectivity index (χ4n) is 2.93. The van der Waals surface area contributed by atoms with Crippen molar-refractivity contribution in [2.75, 3.05) is 0 Å². The van der Waals surface area contributed by atoms with E-state index in [0.717, 1.165) is 30.5 Å². The molecule has 26 heavy (non-hydrogen) atoms. The Morgan fingerprint density at radius 2 is 1.77 bits per heavy atom. The molecule has 0 saturated carbocycles. The molecule has 3 rings (SSSR count). The van der Waals surface area contributed by atoms with E-state index in [1.54, 1.807) is 6.07 Å². The van der Waals surface area contributed by atoms with Crippen molar-refractivity contribution in [2.45, 2.75) is 43.0 Å². The highest BCUT2D eigenvalue weighted by Gasteiger charge is 2.23. The van der Waals surface area contributed by atoms with Gasteiger partial charge in [0, 0.05) is 18.1 Å². The molecule has 0 aliphatic rings. The van der Waals surface area contributed by atoms with Crippen LogP contribution < -0.4 is 5.43 Å². The standard InChI is InChI=1S/C20H20FNO3S/c1-3-4-11-22-13-19(20(23)17-12-14(2)5-10-18(17)22)26(24,25)16-8-6-15(21)7-9-16/h5-10,12-13H,3-4,11H2,1-2H3. The van der Waals surface area contributed by atoms with Gasteiger partial charge in [0.1, 0.15) is 10.7 Å². The molecule has 3 aromatic rings. The number of fused-ring (bicyclic) bond motifs is 1. The van der Waals surface area contributed by atoms with Gasteiger partial charge in [-0.25, -0.2) is 12.8 Å². The molecule has 1 heterocycles. The van der Waals surface area contributed by atoms with E-state index in [9.17, 15) is 17.6 Å². The van der Waals surface area contributed by atoms with Crippen molar-refractivity contribution in [3.8, 4) is 0 Å². The van der Waals surface area contributed by atoms with Gasteiger partial charge in [0.15, 0.2) is 0 Å². The molecule has 0 amide bonds. The summed E-state index contributed by atoms with van der Waals surface area (Å²) in [7, 11) is -4.04. The number of hydrogen-bond acceptors (Lipinski definition) is 3. The first-order valence-electron chi connectivity index (χ1n) is 8.49. The lowest BCUT2D eigenvalue weighted by Crippen LogP contribution is -2.19. The molecule has 0 radical (unpaired) electrons. The average molecular weight is 373 g/mol. The SMILES string of the molecule is CCCCn1cc(S(=O)(=O)c2ccc(F)cc2)c(=O)c2cc(C)ccc21. The van der Waals surface area contributed by atoms with E-state index in [2.05, 4.69) is 0 Å². The minimum atomic E-state index is -4.04. The zero-order valence-corrected chi connectivity index (χ0v) is 15.5. The van der Waals surface area contributed by atoms with Gasteiger partial charge in [-0.3, -0.25) is 4.79 Å². The molecular formula is C20H20FNO3S. The summed E-state index contributed by atoms with van der Waals surface area (Å²) in [6, 6.07) is 9.97. The van der Waals surface area contributed by atoms with Gasteiger partial charge in [-0.1, -0.05) is 25.0 Å². The molecule has 136 valence electrons. The number of benzene rings is 2. The summed E-state index contributed by atoms with van der Waals surface area (Å²) >= 11 is 0. The molecule has 1 aromatic heterocycles. The fourth-order valence-corrected chi connectivity index (χ4v) is 4.30. The summed E-state index contributed by atoms with van der Waals surface area (Å²) in [5.41, 5.74) is 1.07. The Hall–Kier alpha value is -2.47. The van der Waals surface area contributed by atoms with E-state index >= 15 is 0 Å². The van der Waals surface area contributed by atoms with Crippen molar-refractivity contribution in [3.05, 3.63) is 70.3 Å². The van der Waals surface area contributed by atoms with Crippen LogP contribution in [0.5, 0.6) is 0 Å². The second-order valence-electron chi connectivity index (χ2n) is 6.35. The number of aryl methyl sites for hydroxylation is 2. The summed E-state index contributed by atoms with van der Waals surface area (Å²) < 4.78 is 40.9. The maximum atomic E-state index is 13.2. The second kappa shape index (κ2) is 7.03. The van der Waals surface area contributed by atoms with Gasteiger partial charge in [-0.15, -0.1) is 0 Å². The fraction of sp³-hybridized carbons (Fsp3) is 0.250. The number of rotatable bonds is 5. The van der Waals surface area contributed by atoms with Crippen molar-refractivity contribution >= 4 is 20.7 Å². The minimum Gasteiger partial charge on any atom is -0.346 e. The summed E-state index contributed by atoms with van der Waals surface area (Å²) in [5.74, 6) is -0.529. The van der Waals surface area contributed by atoms with E-state index in [4.69, 9.17) is 0 Å². The van der Waals surface area contributed by atoms with Crippen LogP contribution in [0.2, 0.25) is 0 Å². The van der Waals surface area contributed by atoms with E-state index < -0.39 is 21.1 Å². The maximum absolute atomic E-state index is 13.2. The lowest BCUT2D eigenvalue weighted by atomic mass is 10.1. The highest BCUT2D eigenvalue weighted by molar-refractivity contribution is 7.91. The maximum Gasteiger partial charge on any atom is 0.211 e. The number of aromatic nitrogens is 1. The molecule has 0 saturated heterocycles. The van der Waals surface area contributed by atoms with Gasteiger partial charge < -0.3 is 4.57 Å². The van der Waals surface area contributed by atoms with Crippen LogP contribution in [0, 0.1) is 12.7 Å². The first-order chi connectivity index (χ1) is 12.3. The van der Waals surface area contributed by atoms with Crippen LogP contribution in [-0.2, 0) is 16.4 Å². The molecule has 0 fully saturated rings. The Balaban J connectivity index is 2.30. The smallest absolute Gasteiger partial charge is 0.211 e. The van der Waals surface area contributed by atoms with E-state index in [0.29, 0.717) is 17.4 Å². The van der Waals surface area contributed by atoms with Crippen LogP contribution in [0.15, 0.2) is 63.2 Å². The molecule has 0 aliphatic heterocycles. The second-order valence-corrected chi connectivity index (χ2v) is 8.27. The lowest BCUT2D eigenvalue weighted by Gasteiger charge is -2.14. The van der Waals surface area contributed by atoms with E-state index in [-0.39, 0.29) is 9.79 Å². The molecule has 0 N–H and O–H groups in total. The summed E-state index contributed by atoms with van der Waals surface area (Å²) in [4.78, 5) is 12.6. The van der Waals surface area contributed by atoms with Crippen molar-refractivity contribution in [3.63, 3.8) is 0 Å². The molecular weight excluding hydrogens is 353 g/mol. The number of hydrogen-bond donors (Lipinski definition) is 0. The van der Waals surface area contributed by atoms with Crippen LogP contribution >= 0.6 is 0 Å². The van der Waals surface area contributed by atoms with Crippen LogP contribution in [0.1, 0.15) is 25.3 Å². The third-order valence-corrected chi connectivity index (χ3v) is 6.13. The largest absolute Gasteiger partial charge is 0.346 e. The van der Waals surface area contributed by atoms with Crippen LogP contribution in [-0.4, -0.2) is 13.0 Å². The summed E-state index contributed by atoms with van der Waals surface area (Å²) in [5, 5.41) is 0.379. The van der Waals surface area contributed by atoms with Crippen molar-refractivity contribution in [2.24, 2.45) is 0 Å². The predicted octanol–water partition coefficient (Wildman–Crippen LogP) is 4.08. The zero-order valence-electron chi connectivity index (χ0n) is 14.7. The molecule has 0 atom stereocenters. The summed E-state index contributed by atoms with van der Waals surface area (Å²) in [6.07, 6.45) is 3.22. The average Bonchev–Trinajstić information content (AvgIpc) is 2.61. The number of unbranched alkanes of at least 4 members (excludes halogenated alkanes) is 1. The lowest BCUT2D eigenvalue weighted by molar-refractivity contribution is 0.590. The highest BCUT2D eigenvalue weighted by Crippen LogP contribution is 2.22. The molecule has 0 spiro atoms. The Labute approximate surface area is 151 Å². The van der Waals surface area contributed by atoms with Gasteiger partial charge in [-0.2, -0.15) is 0 Å². The van der Waals surface area contributed by atoms with E-state index in [1.165, 1.54) is 18.3 Å². The van der Waals surface area contributed by atoms with Gasteiger partial charge in [0.05, 0.1) is 10.4 Å². The van der Waals surface area contributed by atoms with Crippen LogP contribution in [0.25, 0.3) is 10.9 Å². The molecule has 0 bridgehead atoms. The van der Waals surface area contributed by atoms with Crippen LogP contribution in [0.3, 0.4) is 0 Å². The van der Waals surface area contributed by atoms with Gasteiger partial charge in [-0.05, 0) is 49.7 Å². The number of halogens is 1. The molecule has 0 aliphatic carbocycles. The van der Waals surface area contributed by atoms with E-state index in [1.807, 2.05) is 30.5 Å². The van der Waals surface area contributed by atoms with Crippen molar-refractivity contribution in [1.82, 2.24) is 4.57 Å². The molecule has 2 aromatic carbocycles. The summed E-state index contributed by atoms with van der Waals surface area (Å²) in [6.45, 7) is 4.52. The molecule has 4 nitrogen and oxygen atoms in total. The van der Waals surface area contributed by atoms with Gasteiger partial charge in [0.2, 0.25) is 15.3 Å². The molecule has 0 unspecified atom stereocenters. The Morgan fingerprint density at radius 1 is 1.08 bits per heavy atom. The van der Waals surface area contributed by atoms with Crippen molar-refractivity contribution in [1.29, 1.82) is 0 Å². The van der Waals surface area contributed by atoms with Crippen molar-refractivity contribution < 1.29 is 12.8 Å². The normalized spacial score (nSPS) is 11.8. The Kier molecular flexibility index (Phi) is 4.96. The highest BCUT2D eigenvalue weighted by atomic mass is 32.2. The number of sulfone groups is 1. The minimum absolute atomic E-state index is 0.0926. The van der Waals surface area contributed by atoms with Gasteiger partial charge in [0.25, 0.3) is 0 Å². The number of nitrogens with zero attached hydrogens (tertiary/aromatic N) is 1. The number of pyridine rings is 1. The first-order valence-corrected chi connectivity index (χ1v) is 9.97. The monoisotopic (exact) mass is 373 g/mol. The third kappa shape index (κ3) is 3.29.